The predicted octanol–water partition coefficient (Wildman–Crippen LogP) is 4.85. The third-order valence-electron chi connectivity index (χ3n) is 6.44. The Hall–Kier alpha value is -2.95. The monoisotopic (exact) mass is 428 g/mol. The van der Waals surface area contributed by atoms with E-state index >= 15 is 0 Å². The Bertz CT molecular complexity index is 1130. The first-order valence-corrected chi connectivity index (χ1v) is 11.3. The van der Waals surface area contributed by atoms with Gasteiger partial charge in [0.05, 0.1) is 17.6 Å². The van der Waals surface area contributed by atoms with Crippen molar-refractivity contribution in [1.29, 1.82) is 0 Å². The van der Waals surface area contributed by atoms with E-state index in [0.717, 1.165) is 11.1 Å². The lowest BCUT2D eigenvalue weighted by atomic mass is 9.91. The molecule has 3 N–H and O–H groups in total. The first kappa shape index (κ1) is 22.3. The van der Waals surface area contributed by atoms with Crippen LogP contribution in [0.5, 0.6) is 0 Å². The zero-order valence-electron chi connectivity index (χ0n) is 19.0. The van der Waals surface area contributed by atoms with E-state index in [9.17, 15) is 9.90 Å². The van der Waals surface area contributed by atoms with E-state index in [-0.39, 0.29) is 18.0 Å². The first-order valence-electron chi connectivity index (χ1n) is 11.3. The molecule has 0 saturated heterocycles. The van der Waals surface area contributed by atoms with Crippen molar-refractivity contribution in [2.75, 3.05) is 6.54 Å². The molecule has 0 bridgehead atoms. The average Bonchev–Trinajstić information content (AvgIpc) is 3.11. The molecule has 32 heavy (non-hydrogen) atoms. The second kappa shape index (κ2) is 9.27. The van der Waals surface area contributed by atoms with E-state index in [1.807, 2.05) is 50.3 Å². The Balaban J connectivity index is 1.36. The molecule has 0 fully saturated rings. The van der Waals surface area contributed by atoms with Crippen LogP contribution in [0.2, 0.25) is 0 Å². The van der Waals surface area contributed by atoms with Gasteiger partial charge in [0, 0.05) is 19.0 Å². The molecule has 0 saturated carbocycles. The molecular weight excluding hydrogens is 396 g/mol. The Labute approximate surface area is 190 Å². The van der Waals surface area contributed by atoms with Crippen LogP contribution in [0.15, 0.2) is 78.9 Å². The number of fused-ring (bicyclic) bond motifs is 2. The second-order valence-electron chi connectivity index (χ2n) is 9.24. The summed E-state index contributed by atoms with van der Waals surface area (Å²) in [6.45, 7) is 6.63. The zero-order valence-corrected chi connectivity index (χ0v) is 19.0. The maximum absolute atomic E-state index is 13.0. The van der Waals surface area contributed by atoms with Crippen LogP contribution in [0.1, 0.15) is 49.5 Å². The van der Waals surface area contributed by atoms with Gasteiger partial charge in [-0.25, -0.2) is 0 Å². The molecule has 4 nitrogen and oxygen atoms in total. The molecule has 3 atom stereocenters. The molecular formula is C28H32N2O2. The van der Waals surface area contributed by atoms with Gasteiger partial charge in [0.1, 0.15) is 0 Å². The Morgan fingerprint density at radius 2 is 1.81 bits per heavy atom. The molecule has 166 valence electrons. The van der Waals surface area contributed by atoms with Gasteiger partial charge < -0.3 is 15.7 Å². The Kier molecular flexibility index (Phi) is 6.45. The summed E-state index contributed by atoms with van der Waals surface area (Å²) in [7, 11) is 0. The van der Waals surface area contributed by atoms with Gasteiger partial charge >= 0.3 is 0 Å². The van der Waals surface area contributed by atoms with Crippen LogP contribution in [0, 0.1) is 5.41 Å². The average molecular weight is 429 g/mol. The van der Waals surface area contributed by atoms with Gasteiger partial charge in [-0.2, -0.15) is 0 Å². The van der Waals surface area contributed by atoms with Crippen molar-refractivity contribution in [3.8, 4) is 0 Å². The highest BCUT2D eigenvalue weighted by Gasteiger charge is 2.35. The second-order valence-corrected chi connectivity index (χ2v) is 9.24. The minimum atomic E-state index is -0.679. The van der Waals surface area contributed by atoms with E-state index in [1.54, 1.807) is 0 Å². The topological polar surface area (TPSA) is 61.4 Å². The summed E-state index contributed by atoms with van der Waals surface area (Å²) in [6.07, 6.45) is 3.95. The number of amides is 1. The van der Waals surface area contributed by atoms with Crippen molar-refractivity contribution in [1.82, 2.24) is 10.6 Å². The standard InChI is InChI=1S/C28H32N2O2/c1-19(22-15-8-12-20-10-4-6-13-23(20)22)29-17-9-16-28(2,3)27(32)30-26-24-14-7-5-11-21(24)18-25(26)31/h4-16,19,25-26,29,31H,17-18H2,1-3H3,(H,30,32)/b16-9+/t19-,25-,26?/m1/s1. The van der Waals surface area contributed by atoms with Crippen molar-refractivity contribution in [2.45, 2.75) is 45.4 Å². The fraction of sp³-hybridized carbons (Fsp3) is 0.321. The lowest BCUT2D eigenvalue weighted by molar-refractivity contribution is -0.128. The molecule has 1 aliphatic carbocycles. The lowest BCUT2D eigenvalue weighted by Gasteiger charge is -2.25. The van der Waals surface area contributed by atoms with Crippen LogP contribution in [-0.2, 0) is 11.2 Å². The summed E-state index contributed by atoms with van der Waals surface area (Å²) in [4.78, 5) is 13.0. The van der Waals surface area contributed by atoms with Gasteiger partial charge in [-0.1, -0.05) is 78.9 Å². The fourth-order valence-corrected chi connectivity index (χ4v) is 4.49. The summed E-state index contributed by atoms with van der Waals surface area (Å²) < 4.78 is 0. The van der Waals surface area contributed by atoms with E-state index in [4.69, 9.17) is 0 Å². The molecule has 4 heteroatoms. The summed E-state index contributed by atoms with van der Waals surface area (Å²) in [6, 6.07) is 22.5. The number of carbonyl (C=O) groups excluding carboxylic acids is 1. The number of hydrogen-bond acceptors (Lipinski definition) is 3. The molecule has 1 aliphatic rings. The van der Waals surface area contributed by atoms with Crippen LogP contribution in [0.3, 0.4) is 0 Å². The lowest BCUT2D eigenvalue weighted by Crippen LogP contribution is -2.41. The highest BCUT2D eigenvalue weighted by molar-refractivity contribution is 5.86. The zero-order chi connectivity index (χ0) is 22.7. The smallest absolute Gasteiger partial charge is 0.230 e. The predicted molar refractivity (Wildman–Crippen MR) is 130 cm³/mol. The van der Waals surface area contributed by atoms with Crippen molar-refractivity contribution in [2.24, 2.45) is 5.41 Å². The summed E-state index contributed by atoms with van der Waals surface area (Å²) >= 11 is 0. The molecule has 4 rings (SSSR count). The Morgan fingerprint density at radius 1 is 1.09 bits per heavy atom. The molecule has 3 aromatic rings. The molecule has 1 amide bonds. The van der Waals surface area contributed by atoms with Gasteiger partial charge in [-0.3, -0.25) is 4.79 Å². The van der Waals surface area contributed by atoms with E-state index in [1.165, 1.54) is 16.3 Å². The van der Waals surface area contributed by atoms with Crippen LogP contribution in [0.25, 0.3) is 10.8 Å². The number of carbonyl (C=O) groups is 1. The highest BCUT2D eigenvalue weighted by atomic mass is 16.3. The fourth-order valence-electron chi connectivity index (χ4n) is 4.49. The molecule has 0 heterocycles. The van der Waals surface area contributed by atoms with Gasteiger partial charge in [0.15, 0.2) is 0 Å². The number of aliphatic hydroxyl groups is 1. The van der Waals surface area contributed by atoms with E-state index in [2.05, 4.69) is 60.0 Å². The summed E-state index contributed by atoms with van der Waals surface area (Å²) in [5.74, 6) is -0.0865. The number of hydrogen-bond donors (Lipinski definition) is 3. The summed E-state index contributed by atoms with van der Waals surface area (Å²) in [5, 5.41) is 19.5. The third-order valence-corrected chi connectivity index (χ3v) is 6.44. The van der Waals surface area contributed by atoms with E-state index in [0.29, 0.717) is 13.0 Å². The summed E-state index contributed by atoms with van der Waals surface area (Å²) in [5.41, 5.74) is 2.70. The highest BCUT2D eigenvalue weighted by Crippen LogP contribution is 2.32. The molecule has 0 radical (unpaired) electrons. The normalized spacial score (nSPS) is 19.2. The first-order chi connectivity index (χ1) is 15.4. The number of rotatable bonds is 7. The van der Waals surface area contributed by atoms with E-state index < -0.39 is 11.5 Å². The molecule has 1 unspecified atom stereocenters. The Morgan fingerprint density at radius 3 is 2.66 bits per heavy atom. The van der Waals surface area contributed by atoms with Crippen molar-refractivity contribution in [3.63, 3.8) is 0 Å². The largest absolute Gasteiger partial charge is 0.390 e. The maximum Gasteiger partial charge on any atom is 0.230 e. The third kappa shape index (κ3) is 4.62. The van der Waals surface area contributed by atoms with Crippen molar-refractivity contribution >= 4 is 16.7 Å². The van der Waals surface area contributed by atoms with Crippen LogP contribution in [0.4, 0.5) is 0 Å². The molecule has 0 aliphatic heterocycles. The van der Waals surface area contributed by atoms with Gasteiger partial charge in [-0.15, -0.1) is 0 Å². The van der Waals surface area contributed by atoms with Crippen molar-refractivity contribution < 1.29 is 9.90 Å². The number of benzene rings is 3. The molecule has 0 spiro atoms. The number of nitrogens with one attached hydrogen (secondary N) is 2. The van der Waals surface area contributed by atoms with Crippen LogP contribution >= 0.6 is 0 Å². The minimum absolute atomic E-state index is 0.0865. The number of aliphatic hydroxyl groups excluding tert-OH is 1. The minimum Gasteiger partial charge on any atom is -0.390 e. The van der Waals surface area contributed by atoms with Gasteiger partial charge in [0.25, 0.3) is 0 Å². The van der Waals surface area contributed by atoms with Gasteiger partial charge in [0.2, 0.25) is 5.91 Å². The van der Waals surface area contributed by atoms with Crippen LogP contribution in [-0.4, -0.2) is 23.7 Å². The van der Waals surface area contributed by atoms with Gasteiger partial charge in [-0.05, 0) is 48.2 Å². The maximum atomic E-state index is 13.0. The van der Waals surface area contributed by atoms with Crippen molar-refractivity contribution in [3.05, 3.63) is 95.6 Å². The molecule has 0 aromatic heterocycles. The van der Waals surface area contributed by atoms with Crippen LogP contribution < -0.4 is 10.6 Å². The quantitative estimate of drug-likeness (QED) is 0.472. The SMILES string of the molecule is C[C@@H](NC/C=C/C(C)(C)C(=O)NC1c2ccccc2C[C@H]1O)c1cccc2ccccc12. The molecule has 3 aromatic carbocycles.